The molecule has 1 aromatic heterocycles. The third-order valence-electron chi connectivity index (χ3n) is 6.56. The number of nitrogens with zero attached hydrogens (tertiary/aromatic N) is 4. The van der Waals surface area contributed by atoms with Crippen LogP contribution in [0.3, 0.4) is 0 Å². The van der Waals surface area contributed by atoms with Gasteiger partial charge in [-0.15, -0.1) is 0 Å². The highest BCUT2D eigenvalue weighted by Crippen LogP contribution is 2.30. The van der Waals surface area contributed by atoms with Gasteiger partial charge in [0.25, 0.3) is 11.6 Å². The van der Waals surface area contributed by atoms with E-state index in [0.717, 1.165) is 41.9 Å². The number of hydrogen-bond acceptors (Lipinski definition) is 7. The number of fused-ring (bicyclic) bond motifs is 1. The van der Waals surface area contributed by atoms with Gasteiger partial charge in [0, 0.05) is 67.7 Å². The fourth-order valence-electron chi connectivity index (χ4n) is 4.59. The third kappa shape index (κ3) is 4.85. The number of non-ortho nitro benzene ring substituents is 1. The molecule has 1 atom stereocenters. The molecule has 1 saturated heterocycles. The zero-order chi connectivity index (χ0) is 24.4. The number of amides is 1. The summed E-state index contributed by atoms with van der Waals surface area (Å²) in [6.07, 6.45) is 6.40. The first kappa shape index (κ1) is 22.5. The summed E-state index contributed by atoms with van der Waals surface area (Å²) in [5.41, 5.74) is 10.5. The lowest BCUT2D eigenvalue weighted by Crippen LogP contribution is -2.53. The number of pyridine rings is 1. The summed E-state index contributed by atoms with van der Waals surface area (Å²) in [6, 6.07) is 15.8. The third-order valence-corrected chi connectivity index (χ3v) is 6.56. The van der Waals surface area contributed by atoms with Crippen LogP contribution in [-0.2, 0) is 6.42 Å². The number of carbonyl (C=O) groups is 1. The molecule has 3 N–H and O–H groups in total. The minimum Gasteiger partial charge on any atom is -0.383 e. The zero-order valence-electron chi connectivity index (χ0n) is 19.1. The fraction of sp³-hybridized carbons (Fsp3) is 0.231. The van der Waals surface area contributed by atoms with E-state index >= 15 is 0 Å². The maximum absolute atomic E-state index is 13.0. The van der Waals surface area contributed by atoms with Crippen LogP contribution in [0.15, 0.2) is 60.8 Å². The van der Waals surface area contributed by atoms with Gasteiger partial charge in [-0.25, -0.2) is 4.98 Å². The average molecular weight is 471 g/mol. The van der Waals surface area contributed by atoms with E-state index in [2.05, 4.69) is 15.2 Å². The van der Waals surface area contributed by atoms with Gasteiger partial charge in [0.2, 0.25) is 0 Å². The number of nitro benzene ring substituents is 1. The Morgan fingerprint density at radius 1 is 1.06 bits per heavy atom. The van der Waals surface area contributed by atoms with Crippen molar-refractivity contribution in [2.45, 2.75) is 12.6 Å². The van der Waals surface area contributed by atoms with Gasteiger partial charge in [0.05, 0.1) is 11.1 Å². The minimum absolute atomic E-state index is 0.0231. The molecule has 1 fully saturated rings. The lowest BCUT2D eigenvalue weighted by Gasteiger charge is -2.38. The van der Waals surface area contributed by atoms with Crippen LogP contribution >= 0.6 is 0 Å². The highest BCUT2D eigenvalue weighted by atomic mass is 16.6. The van der Waals surface area contributed by atoms with Crippen molar-refractivity contribution in [3.05, 3.63) is 93.2 Å². The molecule has 1 unspecified atom stereocenters. The van der Waals surface area contributed by atoms with Crippen LogP contribution in [0.25, 0.3) is 12.2 Å². The van der Waals surface area contributed by atoms with Gasteiger partial charge in [-0.2, -0.15) is 0 Å². The fourth-order valence-corrected chi connectivity index (χ4v) is 4.59. The van der Waals surface area contributed by atoms with Gasteiger partial charge in [-0.3, -0.25) is 19.8 Å². The number of anilines is 2. The molecule has 0 aliphatic carbocycles. The van der Waals surface area contributed by atoms with E-state index in [9.17, 15) is 14.9 Å². The first-order valence-corrected chi connectivity index (χ1v) is 11.5. The summed E-state index contributed by atoms with van der Waals surface area (Å²) in [6.45, 7) is 2.90. The molecule has 2 aliphatic rings. The van der Waals surface area contributed by atoms with Gasteiger partial charge in [-0.05, 0) is 29.3 Å². The summed E-state index contributed by atoms with van der Waals surface area (Å²) in [5.74, 6) is 0.602. The van der Waals surface area contributed by atoms with Crippen LogP contribution in [-0.4, -0.2) is 58.0 Å². The Kier molecular flexibility index (Phi) is 6.15. The molecular formula is C26H26N6O3. The number of carbonyl (C=O) groups excluding carboxylic acids is 1. The van der Waals surface area contributed by atoms with Crippen molar-refractivity contribution in [1.82, 2.24) is 14.8 Å². The van der Waals surface area contributed by atoms with E-state index in [0.29, 0.717) is 24.5 Å². The van der Waals surface area contributed by atoms with Crippen LogP contribution in [0.2, 0.25) is 0 Å². The largest absolute Gasteiger partial charge is 0.383 e. The molecule has 0 saturated carbocycles. The number of rotatable bonds is 5. The quantitative estimate of drug-likeness (QED) is 0.333. The lowest BCUT2D eigenvalue weighted by atomic mass is 10.1. The second-order valence-corrected chi connectivity index (χ2v) is 8.72. The van der Waals surface area contributed by atoms with Crippen molar-refractivity contribution >= 4 is 35.3 Å². The SMILES string of the molecule is Nc1nccc2c1CC(N1CCN(C(=O)c3ccc(/C=C/c4cccc([N+](=O)[O-])c4)cc3)CC1)N2. The van der Waals surface area contributed by atoms with Crippen molar-refractivity contribution in [2.24, 2.45) is 0 Å². The maximum atomic E-state index is 13.0. The van der Waals surface area contributed by atoms with Crippen LogP contribution in [0, 0.1) is 10.1 Å². The van der Waals surface area contributed by atoms with E-state index in [-0.39, 0.29) is 17.8 Å². The van der Waals surface area contributed by atoms with Gasteiger partial charge in [0.1, 0.15) is 5.82 Å². The van der Waals surface area contributed by atoms with Gasteiger partial charge >= 0.3 is 0 Å². The van der Waals surface area contributed by atoms with Crippen LogP contribution < -0.4 is 11.1 Å². The molecular weight excluding hydrogens is 444 g/mol. The monoisotopic (exact) mass is 470 g/mol. The molecule has 9 heteroatoms. The number of hydrogen-bond donors (Lipinski definition) is 2. The maximum Gasteiger partial charge on any atom is 0.270 e. The minimum atomic E-state index is -0.409. The number of nitrogens with one attached hydrogen (secondary N) is 1. The van der Waals surface area contributed by atoms with E-state index in [4.69, 9.17) is 5.73 Å². The number of benzene rings is 2. The molecule has 0 radical (unpaired) electrons. The van der Waals surface area contributed by atoms with Crippen LogP contribution in [0.4, 0.5) is 17.2 Å². The number of nitrogens with two attached hydrogens (primary N) is 1. The Labute approximate surface area is 203 Å². The summed E-state index contributed by atoms with van der Waals surface area (Å²) < 4.78 is 0. The summed E-state index contributed by atoms with van der Waals surface area (Å²) >= 11 is 0. The zero-order valence-corrected chi connectivity index (χ0v) is 19.1. The second kappa shape index (κ2) is 9.55. The molecule has 1 amide bonds. The summed E-state index contributed by atoms with van der Waals surface area (Å²) in [7, 11) is 0. The Morgan fingerprint density at radius 2 is 1.80 bits per heavy atom. The van der Waals surface area contributed by atoms with E-state index in [1.54, 1.807) is 12.3 Å². The predicted molar refractivity (Wildman–Crippen MR) is 136 cm³/mol. The average Bonchev–Trinajstić information content (AvgIpc) is 3.33. The van der Waals surface area contributed by atoms with E-state index < -0.39 is 4.92 Å². The smallest absolute Gasteiger partial charge is 0.270 e. The predicted octanol–water partition coefficient (Wildman–Crippen LogP) is 3.49. The van der Waals surface area contributed by atoms with Crippen molar-refractivity contribution in [2.75, 3.05) is 37.2 Å². The molecule has 3 aromatic rings. The van der Waals surface area contributed by atoms with Crippen LogP contribution in [0.5, 0.6) is 0 Å². The van der Waals surface area contributed by atoms with Gasteiger partial charge < -0.3 is 16.0 Å². The molecule has 2 aromatic carbocycles. The van der Waals surface area contributed by atoms with Crippen molar-refractivity contribution in [3.63, 3.8) is 0 Å². The first-order chi connectivity index (χ1) is 17.0. The standard InChI is InChI=1S/C26H26N6O3/c27-25-22-17-24(29-23(22)10-11-28-25)30-12-14-31(15-13-30)26(33)20-8-6-18(7-9-20)4-5-19-2-1-3-21(16-19)32(34)35/h1-11,16,24,29H,12-15,17H2,(H2,27,28)/b5-4+. The first-order valence-electron chi connectivity index (χ1n) is 11.5. The van der Waals surface area contributed by atoms with Crippen molar-refractivity contribution < 1.29 is 9.72 Å². The number of nitrogen functional groups attached to an aromatic ring is 1. The highest BCUT2D eigenvalue weighted by molar-refractivity contribution is 5.94. The Hall–Kier alpha value is -4.24. The topological polar surface area (TPSA) is 118 Å². The summed E-state index contributed by atoms with van der Waals surface area (Å²) in [5, 5.41) is 14.5. The van der Waals surface area contributed by atoms with Gasteiger partial charge in [-0.1, -0.05) is 36.4 Å². The van der Waals surface area contributed by atoms with E-state index in [1.807, 2.05) is 53.5 Å². The normalized spacial score (nSPS) is 17.8. The molecule has 9 nitrogen and oxygen atoms in total. The number of nitro groups is 1. The second-order valence-electron chi connectivity index (χ2n) is 8.72. The Bertz CT molecular complexity index is 1280. The molecule has 5 rings (SSSR count). The summed E-state index contributed by atoms with van der Waals surface area (Å²) in [4.78, 5) is 32.0. The highest BCUT2D eigenvalue weighted by Gasteiger charge is 2.31. The Balaban J connectivity index is 1.16. The number of piperazine rings is 1. The van der Waals surface area contributed by atoms with Crippen molar-refractivity contribution in [3.8, 4) is 0 Å². The molecule has 178 valence electrons. The van der Waals surface area contributed by atoms with Gasteiger partial charge in [0.15, 0.2) is 0 Å². The number of aromatic nitrogens is 1. The van der Waals surface area contributed by atoms with Crippen LogP contribution in [0.1, 0.15) is 27.0 Å². The molecule has 0 bridgehead atoms. The molecule has 0 spiro atoms. The lowest BCUT2D eigenvalue weighted by molar-refractivity contribution is -0.384. The molecule has 2 aliphatic heterocycles. The van der Waals surface area contributed by atoms with Crippen molar-refractivity contribution in [1.29, 1.82) is 0 Å². The van der Waals surface area contributed by atoms with E-state index in [1.165, 1.54) is 12.1 Å². The molecule has 3 heterocycles. The molecule has 35 heavy (non-hydrogen) atoms. The Morgan fingerprint density at radius 3 is 2.51 bits per heavy atom.